The van der Waals surface area contributed by atoms with Crippen LogP contribution >= 0.6 is 0 Å². The minimum Gasteiger partial charge on any atom is -0.484 e. The molecule has 0 fully saturated rings. The summed E-state index contributed by atoms with van der Waals surface area (Å²) in [7, 11) is 0. The second kappa shape index (κ2) is 7.18. The van der Waals surface area contributed by atoms with Gasteiger partial charge in [-0.05, 0) is 29.8 Å². The Hall–Kier alpha value is -2.94. The highest BCUT2D eigenvalue weighted by Crippen LogP contribution is 2.18. The van der Waals surface area contributed by atoms with Crippen molar-refractivity contribution in [3.8, 4) is 11.8 Å². The molecule has 6 heteroatoms. The highest BCUT2D eigenvalue weighted by molar-refractivity contribution is 5.92. The molecule has 0 heterocycles. The third-order valence-electron chi connectivity index (χ3n) is 2.80. The maximum Gasteiger partial charge on any atom is 0.262 e. The average Bonchev–Trinajstić information content (AvgIpc) is 2.51. The first-order valence-corrected chi connectivity index (χ1v) is 6.42. The highest BCUT2D eigenvalue weighted by Gasteiger charge is 2.12. The zero-order valence-corrected chi connectivity index (χ0v) is 11.5. The normalized spacial score (nSPS) is 9.86. The van der Waals surface area contributed by atoms with Gasteiger partial charge in [0, 0.05) is 0 Å². The van der Waals surface area contributed by atoms with E-state index in [2.05, 4.69) is 5.32 Å². The van der Waals surface area contributed by atoms with Crippen LogP contribution in [0.5, 0.6) is 5.75 Å². The van der Waals surface area contributed by atoms with E-state index in [0.29, 0.717) is 5.75 Å². The maximum atomic E-state index is 13.4. The van der Waals surface area contributed by atoms with Crippen molar-refractivity contribution in [2.45, 2.75) is 6.42 Å². The molecule has 0 aliphatic rings. The molecular weight excluding hydrogens is 290 g/mol. The van der Waals surface area contributed by atoms with Gasteiger partial charge in [-0.3, -0.25) is 4.79 Å². The van der Waals surface area contributed by atoms with Gasteiger partial charge in [0.2, 0.25) is 0 Å². The number of nitrogens with one attached hydrogen (secondary N) is 1. The van der Waals surface area contributed by atoms with Gasteiger partial charge in [-0.25, -0.2) is 8.78 Å². The van der Waals surface area contributed by atoms with Crippen LogP contribution < -0.4 is 10.1 Å². The minimum absolute atomic E-state index is 0.285. The van der Waals surface area contributed by atoms with E-state index in [0.717, 1.165) is 17.7 Å². The molecule has 0 atom stereocenters. The largest absolute Gasteiger partial charge is 0.484 e. The first-order chi connectivity index (χ1) is 10.6. The van der Waals surface area contributed by atoms with Crippen molar-refractivity contribution in [3.63, 3.8) is 0 Å². The SMILES string of the molecule is N#CCc1ccc(OCC(=O)Nc2c(F)cccc2F)cc1. The lowest BCUT2D eigenvalue weighted by molar-refractivity contribution is -0.118. The number of hydrogen-bond donors (Lipinski definition) is 1. The number of halogens is 2. The van der Waals surface area contributed by atoms with Crippen LogP contribution in [-0.2, 0) is 11.2 Å². The number of anilines is 1. The Morgan fingerprint density at radius 2 is 1.77 bits per heavy atom. The number of nitriles is 1. The Bertz CT molecular complexity index is 689. The lowest BCUT2D eigenvalue weighted by atomic mass is 10.2. The van der Waals surface area contributed by atoms with Gasteiger partial charge in [0.05, 0.1) is 12.5 Å². The molecule has 0 spiro atoms. The molecule has 0 saturated heterocycles. The zero-order chi connectivity index (χ0) is 15.9. The Kier molecular flexibility index (Phi) is 5.04. The fourth-order valence-electron chi connectivity index (χ4n) is 1.74. The van der Waals surface area contributed by atoms with Gasteiger partial charge in [0.25, 0.3) is 5.91 Å². The lowest BCUT2D eigenvalue weighted by Gasteiger charge is -2.09. The van der Waals surface area contributed by atoms with Gasteiger partial charge in [0.1, 0.15) is 23.1 Å². The standard InChI is InChI=1S/C16H12F2N2O2/c17-13-2-1-3-14(18)16(13)20-15(21)10-22-12-6-4-11(5-7-12)8-9-19/h1-7H,8,10H2,(H,20,21). The Labute approximate surface area is 125 Å². The van der Waals surface area contributed by atoms with Crippen LogP contribution in [0.25, 0.3) is 0 Å². The van der Waals surface area contributed by atoms with E-state index in [1.807, 2.05) is 6.07 Å². The second-order valence-electron chi connectivity index (χ2n) is 4.41. The molecule has 22 heavy (non-hydrogen) atoms. The molecule has 2 aromatic rings. The number of nitrogens with zero attached hydrogens (tertiary/aromatic N) is 1. The van der Waals surface area contributed by atoms with Gasteiger partial charge >= 0.3 is 0 Å². The number of ether oxygens (including phenoxy) is 1. The summed E-state index contributed by atoms with van der Waals surface area (Å²) in [6.07, 6.45) is 0.285. The van der Waals surface area contributed by atoms with Crippen LogP contribution in [0, 0.1) is 23.0 Å². The first kappa shape index (κ1) is 15.4. The van der Waals surface area contributed by atoms with Crippen LogP contribution in [0.3, 0.4) is 0 Å². The number of amides is 1. The summed E-state index contributed by atoms with van der Waals surface area (Å²) in [5.74, 6) is -1.96. The number of carbonyl (C=O) groups excluding carboxylic acids is 1. The van der Waals surface area contributed by atoms with Crippen molar-refractivity contribution in [2.24, 2.45) is 0 Å². The number of rotatable bonds is 5. The molecule has 0 unspecified atom stereocenters. The molecule has 1 amide bonds. The summed E-state index contributed by atoms with van der Waals surface area (Å²) in [4.78, 5) is 11.6. The molecule has 112 valence electrons. The molecular formula is C16H12F2N2O2. The van der Waals surface area contributed by atoms with Crippen LogP contribution in [0.1, 0.15) is 5.56 Å². The monoisotopic (exact) mass is 302 g/mol. The second-order valence-corrected chi connectivity index (χ2v) is 4.41. The van der Waals surface area contributed by atoms with Crippen LogP contribution in [-0.4, -0.2) is 12.5 Å². The van der Waals surface area contributed by atoms with Crippen molar-refractivity contribution in [3.05, 3.63) is 59.7 Å². The maximum absolute atomic E-state index is 13.4. The molecule has 0 saturated carbocycles. The molecule has 0 aromatic heterocycles. The number of carbonyl (C=O) groups is 1. The van der Waals surface area contributed by atoms with Crippen molar-refractivity contribution >= 4 is 11.6 Å². The summed E-state index contributed by atoms with van der Waals surface area (Å²) in [6.45, 7) is -0.384. The first-order valence-electron chi connectivity index (χ1n) is 6.42. The average molecular weight is 302 g/mol. The topological polar surface area (TPSA) is 62.1 Å². The molecule has 2 rings (SSSR count). The van der Waals surface area contributed by atoms with Gasteiger partial charge in [-0.2, -0.15) is 5.26 Å². The summed E-state index contributed by atoms with van der Waals surface area (Å²) < 4.78 is 32.0. The third-order valence-corrected chi connectivity index (χ3v) is 2.80. The van der Waals surface area contributed by atoms with Crippen molar-refractivity contribution < 1.29 is 18.3 Å². The van der Waals surface area contributed by atoms with E-state index >= 15 is 0 Å². The van der Waals surface area contributed by atoms with E-state index in [1.165, 1.54) is 6.07 Å². The molecule has 0 bridgehead atoms. The van der Waals surface area contributed by atoms with Crippen molar-refractivity contribution in [1.29, 1.82) is 5.26 Å². The van der Waals surface area contributed by atoms with Crippen LogP contribution in [0.15, 0.2) is 42.5 Å². The molecule has 0 radical (unpaired) electrons. The highest BCUT2D eigenvalue weighted by atomic mass is 19.1. The Morgan fingerprint density at radius 3 is 2.36 bits per heavy atom. The van der Waals surface area contributed by atoms with Gasteiger partial charge in [-0.15, -0.1) is 0 Å². The van der Waals surface area contributed by atoms with Gasteiger partial charge < -0.3 is 10.1 Å². The van der Waals surface area contributed by atoms with Crippen LogP contribution in [0.4, 0.5) is 14.5 Å². The number of hydrogen-bond acceptors (Lipinski definition) is 3. The van der Waals surface area contributed by atoms with Crippen LogP contribution in [0.2, 0.25) is 0 Å². The molecule has 2 aromatic carbocycles. The summed E-state index contributed by atoms with van der Waals surface area (Å²) >= 11 is 0. The van der Waals surface area contributed by atoms with Crippen molar-refractivity contribution in [2.75, 3.05) is 11.9 Å². The van der Waals surface area contributed by atoms with Gasteiger partial charge in [-0.1, -0.05) is 18.2 Å². The van der Waals surface area contributed by atoms with E-state index in [4.69, 9.17) is 10.00 Å². The zero-order valence-electron chi connectivity index (χ0n) is 11.5. The van der Waals surface area contributed by atoms with Crippen molar-refractivity contribution in [1.82, 2.24) is 0 Å². The van der Waals surface area contributed by atoms with E-state index in [1.54, 1.807) is 24.3 Å². The minimum atomic E-state index is -0.853. The summed E-state index contributed by atoms with van der Waals surface area (Å²) in [6, 6.07) is 12.0. The van der Waals surface area contributed by atoms with E-state index in [9.17, 15) is 13.6 Å². The molecule has 0 aliphatic carbocycles. The fraction of sp³-hybridized carbons (Fsp3) is 0.125. The van der Waals surface area contributed by atoms with E-state index in [-0.39, 0.29) is 13.0 Å². The number of benzene rings is 2. The lowest BCUT2D eigenvalue weighted by Crippen LogP contribution is -2.21. The molecule has 0 aliphatic heterocycles. The third kappa shape index (κ3) is 4.03. The predicted molar refractivity (Wildman–Crippen MR) is 76.2 cm³/mol. The smallest absolute Gasteiger partial charge is 0.262 e. The number of para-hydroxylation sites is 1. The Balaban J connectivity index is 1.91. The quantitative estimate of drug-likeness (QED) is 0.923. The fourth-order valence-corrected chi connectivity index (χ4v) is 1.74. The Morgan fingerprint density at radius 1 is 1.14 bits per heavy atom. The molecule has 1 N–H and O–H groups in total. The predicted octanol–water partition coefficient (Wildman–Crippen LogP) is 3.05. The van der Waals surface area contributed by atoms with Gasteiger partial charge in [0.15, 0.2) is 6.61 Å². The molecule has 4 nitrogen and oxygen atoms in total. The summed E-state index contributed by atoms with van der Waals surface area (Å²) in [5, 5.41) is 10.7. The summed E-state index contributed by atoms with van der Waals surface area (Å²) in [5.41, 5.74) is 0.327. The van der Waals surface area contributed by atoms with E-state index < -0.39 is 23.2 Å².